The molecule has 22 heavy (non-hydrogen) atoms. The SMILES string of the molecule is Cc1cc(C=C(CO)B2OC(C)(C)C(C)(C)O2)ccc1C#N. The molecule has 1 N–H and O–H groups in total. The molecule has 0 atom stereocenters. The van der Waals surface area contributed by atoms with Crippen molar-refractivity contribution in [2.75, 3.05) is 6.61 Å². The third kappa shape index (κ3) is 3.10. The van der Waals surface area contributed by atoms with Crippen LogP contribution in [0.4, 0.5) is 0 Å². The minimum atomic E-state index is -0.564. The first-order valence-electron chi connectivity index (χ1n) is 7.38. The van der Waals surface area contributed by atoms with Gasteiger partial charge in [0, 0.05) is 0 Å². The van der Waals surface area contributed by atoms with Crippen LogP contribution < -0.4 is 0 Å². The Hall–Kier alpha value is -1.61. The lowest BCUT2D eigenvalue weighted by Crippen LogP contribution is -2.41. The summed E-state index contributed by atoms with van der Waals surface area (Å²) in [4.78, 5) is 0. The van der Waals surface area contributed by atoms with E-state index in [-0.39, 0.29) is 6.61 Å². The number of benzene rings is 1. The number of nitrogens with zero attached hydrogens (tertiary/aromatic N) is 1. The summed E-state index contributed by atoms with van der Waals surface area (Å²) in [5.41, 5.74) is 2.26. The average molecular weight is 299 g/mol. The van der Waals surface area contributed by atoms with Crippen LogP contribution in [0, 0.1) is 18.3 Å². The standard InChI is InChI=1S/C17H22BNO3/c1-12-8-13(6-7-14(12)10-19)9-15(11-20)18-21-16(2,3)17(4,5)22-18/h6-9,20H,11H2,1-5H3. The monoisotopic (exact) mass is 299 g/mol. The summed E-state index contributed by atoms with van der Waals surface area (Å²) < 4.78 is 11.9. The van der Waals surface area contributed by atoms with Gasteiger partial charge in [-0.1, -0.05) is 18.2 Å². The molecule has 0 saturated carbocycles. The van der Waals surface area contributed by atoms with Crippen molar-refractivity contribution in [3.8, 4) is 6.07 Å². The molecule has 5 heteroatoms. The molecule has 0 unspecified atom stereocenters. The van der Waals surface area contributed by atoms with Gasteiger partial charge in [0.05, 0.1) is 29.4 Å². The van der Waals surface area contributed by atoms with E-state index >= 15 is 0 Å². The third-order valence-electron chi connectivity index (χ3n) is 4.46. The lowest BCUT2D eigenvalue weighted by Gasteiger charge is -2.32. The number of nitriles is 1. The third-order valence-corrected chi connectivity index (χ3v) is 4.46. The normalized spacial score (nSPS) is 20.0. The summed E-state index contributed by atoms with van der Waals surface area (Å²) >= 11 is 0. The molecule has 0 spiro atoms. The number of rotatable bonds is 3. The number of aryl methyl sites for hydroxylation is 1. The van der Waals surface area contributed by atoms with Crippen molar-refractivity contribution in [3.63, 3.8) is 0 Å². The fourth-order valence-corrected chi connectivity index (χ4v) is 2.30. The first-order valence-corrected chi connectivity index (χ1v) is 7.38. The van der Waals surface area contributed by atoms with Crippen LogP contribution in [-0.2, 0) is 9.31 Å². The van der Waals surface area contributed by atoms with Gasteiger partial charge in [0.15, 0.2) is 0 Å². The summed E-state index contributed by atoms with van der Waals surface area (Å²) in [5.74, 6) is 0. The Morgan fingerprint density at radius 2 is 1.86 bits per heavy atom. The van der Waals surface area contributed by atoms with Crippen LogP contribution in [0.15, 0.2) is 23.7 Å². The summed E-state index contributed by atoms with van der Waals surface area (Å²) in [6, 6.07) is 7.69. The van der Waals surface area contributed by atoms with E-state index in [1.54, 1.807) is 6.07 Å². The van der Waals surface area contributed by atoms with Gasteiger partial charge in [0.2, 0.25) is 0 Å². The van der Waals surface area contributed by atoms with E-state index in [1.165, 1.54) is 0 Å². The highest BCUT2D eigenvalue weighted by molar-refractivity contribution is 6.55. The van der Waals surface area contributed by atoms with E-state index in [2.05, 4.69) is 6.07 Å². The average Bonchev–Trinajstić information content (AvgIpc) is 2.65. The van der Waals surface area contributed by atoms with Gasteiger partial charge in [-0.3, -0.25) is 0 Å². The maximum Gasteiger partial charge on any atom is 0.492 e. The zero-order chi connectivity index (χ0) is 16.5. The Labute approximate surface area is 132 Å². The van der Waals surface area contributed by atoms with Crippen LogP contribution in [0.25, 0.3) is 6.08 Å². The number of hydrogen-bond donors (Lipinski definition) is 1. The van der Waals surface area contributed by atoms with Crippen LogP contribution in [0.2, 0.25) is 0 Å². The molecule has 4 nitrogen and oxygen atoms in total. The molecule has 0 bridgehead atoms. The Bertz CT molecular complexity index is 628. The highest BCUT2D eigenvalue weighted by Crippen LogP contribution is 2.38. The summed E-state index contributed by atoms with van der Waals surface area (Å²) in [5, 5.41) is 18.7. The molecule has 1 aliphatic rings. The molecule has 1 saturated heterocycles. The van der Waals surface area contributed by atoms with Crippen molar-refractivity contribution >= 4 is 13.2 Å². The molecular formula is C17H22BNO3. The van der Waals surface area contributed by atoms with Gasteiger partial charge in [0.1, 0.15) is 0 Å². The van der Waals surface area contributed by atoms with Gasteiger partial charge in [-0.15, -0.1) is 0 Å². The van der Waals surface area contributed by atoms with Gasteiger partial charge in [-0.2, -0.15) is 5.26 Å². The molecule has 1 fully saturated rings. The summed E-state index contributed by atoms with van der Waals surface area (Å²) in [6.45, 7) is 9.67. The first kappa shape index (κ1) is 16.8. The molecule has 0 aliphatic carbocycles. The molecule has 1 heterocycles. The second-order valence-corrected chi connectivity index (χ2v) is 6.65. The summed E-state index contributed by atoms with van der Waals surface area (Å²) in [6.07, 6.45) is 1.86. The first-order chi connectivity index (χ1) is 10.2. The van der Waals surface area contributed by atoms with Gasteiger partial charge in [-0.25, -0.2) is 0 Å². The van der Waals surface area contributed by atoms with E-state index in [4.69, 9.17) is 14.6 Å². The van der Waals surface area contributed by atoms with Gasteiger partial charge >= 0.3 is 7.12 Å². The Morgan fingerprint density at radius 1 is 1.27 bits per heavy atom. The number of aliphatic hydroxyl groups excluding tert-OH is 1. The molecule has 116 valence electrons. The lowest BCUT2D eigenvalue weighted by atomic mass is 9.77. The quantitative estimate of drug-likeness (QED) is 0.872. The maximum absolute atomic E-state index is 9.68. The van der Waals surface area contributed by atoms with Crippen molar-refractivity contribution < 1.29 is 14.4 Å². The second-order valence-electron chi connectivity index (χ2n) is 6.65. The van der Waals surface area contributed by atoms with E-state index < -0.39 is 18.3 Å². The smallest absolute Gasteiger partial charge is 0.400 e. The number of aliphatic hydroxyl groups is 1. The zero-order valence-corrected chi connectivity index (χ0v) is 13.8. The van der Waals surface area contributed by atoms with E-state index in [9.17, 15) is 5.11 Å². The van der Waals surface area contributed by atoms with E-state index in [0.29, 0.717) is 11.0 Å². The van der Waals surface area contributed by atoms with E-state index in [0.717, 1.165) is 11.1 Å². The summed E-state index contributed by atoms with van der Waals surface area (Å²) in [7, 11) is -0.564. The van der Waals surface area contributed by atoms with Crippen molar-refractivity contribution in [3.05, 3.63) is 40.4 Å². The van der Waals surface area contributed by atoms with Crippen LogP contribution in [0.3, 0.4) is 0 Å². The minimum Gasteiger partial charge on any atom is -0.400 e. The fraction of sp³-hybridized carbons (Fsp3) is 0.471. The molecule has 1 aliphatic heterocycles. The highest BCUT2D eigenvalue weighted by atomic mass is 16.7. The van der Waals surface area contributed by atoms with Crippen LogP contribution >= 0.6 is 0 Å². The van der Waals surface area contributed by atoms with Gasteiger partial charge in [-0.05, 0) is 57.3 Å². The molecular weight excluding hydrogens is 277 g/mol. The lowest BCUT2D eigenvalue weighted by molar-refractivity contribution is 0.00578. The van der Waals surface area contributed by atoms with Crippen molar-refractivity contribution in [2.45, 2.75) is 45.8 Å². The topological polar surface area (TPSA) is 62.5 Å². The van der Waals surface area contributed by atoms with Crippen molar-refractivity contribution in [1.82, 2.24) is 0 Å². The predicted molar refractivity (Wildman–Crippen MR) is 87.0 cm³/mol. The van der Waals surface area contributed by atoms with Gasteiger partial charge in [0.25, 0.3) is 0 Å². The van der Waals surface area contributed by atoms with Crippen molar-refractivity contribution in [1.29, 1.82) is 5.26 Å². The number of hydrogen-bond acceptors (Lipinski definition) is 4. The van der Waals surface area contributed by atoms with Crippen LogP contribution in [0.1, 0.15) is 44.4 Å². The fourth-order valence-electron chi connectivity index (χ4n) is 2.30. The van der Waals surface area contributed by atoms with Crippen LogP contribution in [-0.4, -0.2) is 30.0 Å². The van der Waals surface area contributed by atoms with Gasteiger partial charge < -0.3 is 14.4 Å². The maximum atomic E-state index is 9.68. The molecule has 2 rings (SSSR count). The molecule has 1 aromatic rings. The Balaban J connectivity index is 2.30. The Morgan fingerprint density at radius 3 is 2.32 bits per heavy atom. The predicted octanol–water partition coefficient (Wildman–Crippen LogP) is 2.87. The molecule has 0 radical (unpaired) electrons. The second kappa shape index (κ2) is 5.88. The minimum absolute atomic E-state index is 0.143. The molecule has 0 aromatic heterocycles. The Kier molecular flexibility index (Phi) is 4.48. The highest BCUT2D eigenvalue weighted by Gasteiger charge is 2.52. The largest absolute Gasteiger partial charge is 0.492 e. The van der Waals surface area contributed by atoms with E-state index in [1.807, 2.05) is 52.8 Å². The zero-order valence-electron chi connectivity index (χ0n) is 13.8. The molecule has 1 aromatic carbocycles. The van der Waals surface area contributed by atoms with Crippen LogP contribution in [0.5, 0.6) is 0 Å². The van der Waals surface area contributed by atoms with Crippen molar-refractivity contribution in [2.24, 2.45) is 0 Å². The molecule has 0 amide bonds.